The molecule has 1 aromatic rings. The van der Waals surface area contributed by atoms with E-state index >= 15 is 0 Å². The number of ketones is 1. The van der Waals surface area contributed by atoms with Crippen molar-refractivity contribution in [2.75, 3.05) is 0 Å². The second-order valence-electron chi connectivity index (χ2n) is 6.19. The zero-order chi connectivity index (χ0) is 15.5. The number of carbonyl (C=O) groups is 2. The zero-order valence-electron chi connectivity index (χ0n) is 12.3. The molecule has 0 bridgehead atoms. The minimum absolute atomic E-state index is 0.0209. The number of rotatable bonds is 5. The first kappa shape index (κ1) is 15.7. The van der Waals surface area contributed by atoms with Crippen LogP contribution in [0, 0.1) is 18.2 Å². The molecule has 0 saturated heterocycles. The van der Waals surface area contributed by atoms with E-state index in [0.717, 1.165) is 37.7 Å². The van der Waals surface area contributed by atoms with E-state index in [2.05, 4.69) is 0 Å². The number of aliphatic carboxylic acids is 1. The fraction of sp³-hybridized carbons (Fsp3) is 0.529. The van der Waals surface area contributed by atoms with Gasteiger partial charge < -0.3 is 5.11 Å². The Hall–Kier alpha value is -1.71. The molecule has 4 heteroatoms. The number of benzene rings is 1. The van der Waals surface area contributed by atoms with Gasteiger partial charge in [0.2, 0.25) is 0 Å². The summed E-state index contributed by atoms with van der Waals surface area (Å²) < 4.78 is 13.3. The normalized spacial score (nSPS) is 17.4. The van der Waals surface area contributed by atoms with Crippen LogP contribution in [0.3, 0.4) is 0 Å². The molecule has 1 aliphatic rings. The van der Waals surface area contributed by atoms with Gasteiger partial charge in [-0.1, -0.05) is 25.3 Å². The number of Topliss-reactive ketones (excluding diaryl/α,β-unsaturated/α-hetero) is 1. The minimum Gasteiger partial charge on any atom is -0.481 e. The van der Waals surface area contributed by atoms with Crippen molar-refractivity contribution >= 4 is 11.8 Å². The molecule has 0 heterocycles. The van der Waals surface area contributed by atoms with Crippen LogP contribution in [-0.2, 0) is 4.79 Å². The van der Waals surface area contributed by atoms with E-state index in [1.807, 2.05) is 0 Å². The summed E-state index contributed by atoms with van der Waals surface area (Å²) in [6.45, 7) is 1.78. The highest BCUT2D eigenvalue weighted by atomic mass is 19.1. The van der Waals surface area contributed by atoms with Gasteiger partial charge in [-0.25, -0.2) is 4.39 Å². The van der Waals surface area contributed by atoms with Crippen LogP contribution in [0.25, 0.3) is 0 Å². The van der Waals surface area contributed by atoms with Gasteiger partial charge in [0.1, 0.15) is 5.82 Å². The average Bonchev–Trinajstić information content (AvgIpc) is 2.41. The van der Waals surface area contributed by atoms with Crippen molar-refractivity contribution in [1.29, 1.82) is 0 Å². The number of carbonyl (C=O) groups excluding carboxylic acids is 1. The molecular formula is C17H21FO3. The summed E-state index contributed by atoms with van der Waals surface area (Å²) in [5.74, 6) is -1.43. The molecule has 0 amide bonds. The van der Waals surface area contributed by atoms with E-state index in [-0.39, 0.29) is 18.6 Å². The third-order valence-electron chi connectivity index (χ3n) is 4.48. The Kier molecular flexibility index (Phi) is 4.76. The van der Waals surface area contributed by atoms with Gasteiger partial charge in [-0.15, -0.1) is 0 Å². The van der Waals surface area contributed by atoms with Gasteiger partial charge in [-0.3, -0.25) is 9.59 Å². The van der Waals surface area contributed by atoms with E-state index < -0.39 is 17.2 Å². The smallest absolute Gasteiger partial charge is 0.303 e. The summed E-state index contributed by atoms with van der Waals surface area (Å²) in [7, 11) is 0. The van der Waals surface area contributed by atoms with Crippen molar-refractivity contribution in [3.8, 4) is 0 Å². The molecule has 0 atom stereocenters. The van der Waals surface area contributed by atoms with Gasteiger partial charge in [0.25, 0.3) is 0 Å². The van der Waals surface area contributed by atoms with Crippen molar-refractivity contribution in [1.82, 2.24) is 0 Å². The summed E-state index contributed by atoms with van der Waals surface area (Å²) in [6, 6.07) is 4.18. The molecule has 1 saturated carbocycles. The van der Waals surface area contributed by atoms with E-state index in [1.54, 1.807) is 13.0 Å². The maximum atomic E-state index is 13.3. The Morgan fingerprint density at radius 3 is 2.48 bits per heavy atom. The van der Waals surface area contributed by atoms with Crippen LogP contribution in [0.4, 0.5) is 4.39 Å². The average molecular weight is 292 g/mol. The molecule has 1 fully saturated rings. The topological polar surface area (TPSA) is 54.4 Å². The highest BCUT2D eigenvalue weighted by Crippen LogP contribution is 2.43. The molecule has 0 aromatic heterocycles. The first-order valence-electron chi connectivity index (χ1n) is 7.43. The quantitative estimate of drug-likeness (QED) is 0.830. The minimum atomic E-state index is -0.860. The van der Waals surface area contributed by atoms with Crippen molar-refractivity contribution in [3.05, 3.63) is 35.1 Å². The van der Waals surface area contributed by atoms with Crippen molar-refractivity contribution < 1.29 is 19.1 Å². The molecule has 0 aliphatic heterocycles. The van der Waals surface area contributed by atoms with Gasteiger partial charge in [0, 0.05) is 12.0 Å². The van der Waals surface area contributed by atoms with E-state index in [0.29, 0.717) is 5.56 Å². The van der Waals surface area contributed by atoms with Crippen LogP contribution in [0.5, 0.6) is 0 Å². The molecule has 1 N–H and O–H groups in total. The second-order valence-corrected chi connectivity index (χ2v) is 6.19. The molecule has 1 aliphatic carbocycles. The summed E-state index contributed by atoms with van der Waals surface area (Å²) >= 11 is 0. The lowest BCUT2D eigenvalue weighted by molar-refractivity contribution is -0.140. The van der Waals surface area contributed by atoms with Crippen molar-refractivity contribution in [2.45, 2.75) is 51.9 Å². The third kappa shape index (κ3) is 3.90. The van der Waals surface area contributed by atoms with Gasteiger partial charge >= 0.3 is 5.97 Å². The Morgan fingerprint density at radius 2 is 1.86 bits per heavy atom. The lowest BCUT2D eigenvalue weighted by atomic mass is 9.68. The van der Waals surface area contributed by atoms with Crippen molar-refractivity contribution in [3.63, 3.8) is 0 Å². The Morgan fingerprint density at radius 1 is 1.19 bits per heavy atom. The fourth-order valence-corrected chi connectivity index (χ4v) is 3.37. The fourth-order valence-electron chi connectivity index (χ4n) is 3.37. The summed E-state index contributed by atoms with van der Waals surface area (Å²) in [6.07, 6.45) is 4.76. The molecule has 0 spiro atoms. The molecule has 0 radical (unpaired) electrons. The number of aryl methyl sites for hydroxylation is 1. The summed E-state index contributed by atoms with van der Waals surface area (Å²) in [5, 5.41) is 9.14. The van der Waals surface area contributed by atoms with Gasteiger partial charge in [0.15, 0.2) is 5.78 Å². The number of halogens is 1. The maximum absolute atomic E-state index is 13.3. The highest BCUT2D eigenvalue weighted by Gasteiger charge is 2.36. The van der Waals surface area contributed by atoms with Crippen LogP contribution in [-0.4, -0.2) is 16.9 Å². The van der Waals surface area contributed by atoms with Crippen LogP contribution >= 0.6 is 0 Å². The number of hydrogen-bond acceptors (Lipinski definition) is 2. The second kappa shape index (κ2) is 6.37. The highest BCUT2D eigenvalue weighted by molar-refractivity contribution is 5.98. The lowest BCUT2D eigenvalue weighted by Gasteiger charge is -2.35. The molecule has 0 unspecified atom stereocenters. The van der Waals surface area contributed by atoms with Crippen LogP contribution in [0.1, 0.15) is 60.9 Å². The molecule has 1 aromatic carbocycles. The molecule has 3 nitrogen and oxygen atoms in total. The Balaban J connectivity index is 2.21. The van der Waals surface area contributed by atoms with Crippen LogP contribution in [0.2, 0.25) is 0 Å². The standard InChI is InChI=1S/C17H21FO3/c1-12-5-6-13(18)9-14(12)15(19)10-17(11-16(20)21)7-3-2-4-8-17/h5-6,9H,2-4,7-8,10-11H2,1H3,(H,20,21). The van der Waals surface area contributed by atoms with Gasteiger partial charge in [0.05, 0.1) is 6.42 Å². The van der Waals surface area contributed by atoms with E-state index in [4.69, 9.17) is 5.11 Å². The molecule has 21 heavy (non-hydrogen) atoms. The Labute approximate surface area is 124 Å². The molecule has 114 valence electrons. The summed E-state index contributed by atoms with van der Waals surface area (Å²) in [5.41, 5.74) is 0.660. The van der Waals surface area contributed by atoms with E-state index in [1.165, 1.54) is 12.1 Å². The SMILES string of the molecule is Cc1ccc(F)cc1C(=O)CC1(CC(=O)O)CCCCC1. The predicted molar refractivity (Wildman–Crippen MR) is 77.9 cm³/mol. The number of carboxylic acid groups (broad SMARTS) is 1. The lowest BCUT2D eigenvalue weighted by Crippen LogP contribution is -2.30. The van der Waals surface area contributed by atoms with Crippen LogP contribution in [0.15, 0.2) is 18.2 Å². The third-order valence-corrected chi connectivity index (χ3v) is 4.48. The zero-order valence-corrected chi connectivity index (χ0v) is 12.3. The number of carboxylic acids is 1. The Bertz CT molecular complexity index is 545. The molecule has 2 rings (SSSR count). The monoisotopic (exact) mass is 292 g/mol. The van der Waals surface area contributed by atoms with Crippen LogP contribution < -0.4 is 0 Å². The first-order valence-corrected chi connectivity index (χ1v) is 7.43. The van der Waals surface area contributed by atoms with Gasteiger partial charge in [-0.2, -0.15) is 0 Å². The van der Waals surface area contributed by atoms with E-state index in [9.17, 15) is 14.0 Å². The van der Waals surface area contributed by atoms with Gasteiger partial charge in [-0.05, 0) is 42.9 Å². The summed E-state index contributed by atoms with van der Waals surface area (Å²) in [4.78, 5) is 23.7. The largest absolute Gasteiger partial charge is 0.481 e. The first-order chi connectivity index (χ1) is 9.92. The molecular weight excluding hydrogens is 271 g/mol. The predicted octanol–water partition coefficient (Wildman–Crippen LogP) is 4.13. The maximum Gasteiger partial charge on any atom is 0.303 e. The van der Waals surface area contributed by atoms with Crippen molar-refractivity contribution in [2.24, 2.45) is 5.41 Å². The number of hydrogen-bond donors (Lipinski definition) is 1.